The number of rotatable bonds is 1. The van der Waals surface area contributed by atoms with Crippen molar-refractivity contribution in [2.75, 3.05) is 0 Å². The highest BCUT2D eigenvalue weighted by molar-refractivity contribution is 5.54. The summed E-state index contributed by atoms with van der Waals surface area (Å²) in [5.41, 5.74) is 0.942. The SMILES string of the molecule is c1ccc(-c2coocco2)cc1. The molecule has 0 aliphatic heterocycles. The summed E-state index contributed by atoms with van der Waals surface area (Å²) in [7, 11) is 0. The van der Waals surface area contributed by atoms with Gasteiger partial charge in [-0.25, -0.2) is 0 Å². The largest absolute Gasteiger partial charge is 0.458 e. The fourth-order valence-electron chi connectivity index (χ4n) is 0.994. The van der Waals surface area contributed by atoms with Crippen LogP contribution in [-0.2, 0) is 0 Å². The van der Waals surface area contributed by atoms with Gasteiger partial charge in [0.05, 0.1) is 0 Å². The van der Waals surface area contributed by atoms with Crippen LogP contribution in [0.15, 0.2) is 62.7 Å². The Morgan fingerprint density at radius 2 is 1.69 bits per heavy atom. The maximum absolute atomic E-state index is 5.22. The predicted molar refractivity (Wildman–Crippen MR) is 46.3 cm³/mol. The molecule has 0 radical (unpaired) electrons. The summed E-state index contributed by atoms with van der Waals surface area (Å²) < 4.78 is 14.5. The van der Waals surface area contributed by atoms with Crippen LogP contribution in [0.3, 0.4) is 0 Å². The first-order valence-corrected chi connectivity index (χ1v) is 3.86. The van der Waals surface area contributed by atoms with Gasteiger partial charge in [0.1, 0.15) is 6.26 Å². The number of benzene rings is 1. The van der Waals surface area contributed by atoms with E-state index in [0.29, 0.717) is 5.76 Å². The fraction of sp³-hybridized carbons (Fsp3) is 0. The van der Waals surface area contributed by atoms with Gasteiger partial charge in [-0.15, -0.1) is 0 Å². The second-order valence-electron chi connectivity index (χ2n) is 2.43. The van der Waals surface area contributed by atoms with Crippen LogP contribution in [0.5, 0.6) is 0 Å². The van der Waals surface area contributed by atoms with Crippen LogP contribution in [0, 0.1) is 0 Å². The van der Waals surface area contributed by atoms with Crippen molar-refractivity contribution in [3.8, 4) is 11.3 Å². The molecule has 0 fully saturated rings. The standard InChI is InChI=1S/C10H8O3/c1-2-4-9(5-3-1)10-8-13-12-7-6-11-10/h1-8H. The lowest BCUT2D eigenvalue weighted by Crippen LogP contribution is -1.71. The monoisotopic (exact) mass is 176 g/mol. The molecule has 2 rings (SSSR count). The lowest BCUT2D eigenvalue weighted by molar-refractivity contribution is 0.0493. The molecule has 0 saturated carbocycles. The highest BCUT2D eigenvalue weighted by Gasteiger charge is 1.96. The van der Waals surface area contributed by atoms with E-state index in [-0.39, 0.29) is 0 Å². The Morgan fingerprint density at radius 3 is 2.54 bits per heavy atom. The molecule has 0 N–H and O–H groups in total. The summed E-state index contributed by atoms with van der Waals surface area (Å²) in [6.07, 6.45) is 4.16. The normalized spacial score (nSPS) is 9.54. The zero-order chi connectivity index (χ0) is 8.93. The van der Waals surface area contributed by atoms with Crippen LogP contribution in [-0.4, -0.2) is 0 Å². The van der Waals surface area contributed by atoms with Crippen LogP contribution in [0.4, 0.5) is 0 Å². The van der Waals surface area contributed by atoms with E-state index in [1.165, 1.54) is 18.8 Å². The molecule has 3 heteroatoms. The van der Waals surface area contributed by atoms with Crippen molar-refractivity contribution in [2.45, 2.75) is 0 Å². The highest BCUT2D eigenvalue weighted by atomic mass is 17.0. The van der Waals surface area contributed by atoms with Gasteiger partial charge in [0.25, 0.3) is 0 Å². The molecule has 1 heterocycles. The first-order chi connectivity index (χ1) is 6.47. The first-order valence-electron chi connectivity index (χ1n) is 3.86. The quantitative estimate of drug-likeness (QED) is 0.626. The van der Waals surface area contributed by atoms with Gasteiger partial charge in [-0.3, -0.25) is 9.15 Å². The maximum Gasteiger partial charge on any atom is 0.185 e. The summed E-state index contributed by atoms with van der Waals surface area (Å²) in [6, 6.07) is 9.64. The third kappa shape index (κ3) is 1.82. The van der Waals surface area contributed by atoms with E-state index in [4.69, 9.17) is 4.42 Å². The summed E-state index contributed by atoms with van der Waals surface area (Å²) in [4.78, 5) is 0. The van der Waals surface area contributed by atoms with Gasteiger partial charge < -0.3 is 4.42 Å². The van der Waals surface area contributed by atoms with Crippen molar-refractivity contribution in [3.05, 3.63) is 49.1 Å². The van der Waals surface area contributed by atoms with Crippen LogP contribution < -0.4 is 0 Å². The topological polar surface area (TPSA) is 39.4 Å². The fourth-order valence-corrected chi connectivity index (χ4v) is 0.994. The van der Waals surface area contributed by atoms with Gasteiger partial charge in [-0.05, 0) is 0 Å². The molecular formula is C10H8O3. The smallest absolute Gasteiger partial charge is 0.185 e. The molecule has 13 heavy (non-hydrogen) atoms. The molecule has 0 unspecified atom stereocenters. The average Bonchev–Trinajstić information content (AvgIpc) is 2.47. The first kappa shape index (κ1) is 7.73. The molecule has 0 aliphatic rings. The van der Waals surface area contributed by atoms with Crippen molar-refractivity contribution in [3.63, 3.8) is 0 Å². The van der Waals surface area contributed by atoms with E-state index in [1.54, 1.807) is 0 Å². The van der Waals surface area contributed by atoms with Gasteiger partial charge in [-0.2, -0.15) is 0 Å². The van der Waals surface area contributed by atoms with Crippen LogP contribution in [0.2, 0.25) is 0 Å². The molecule has 0 aliphatic carbocycles. The Balaban J connectivity index is 2.49. The summed E-state index contributed by atoms with van der Waals surface area (Å²) >= 11 is 0. The number of hydrogen-bond donors (Lipinski definition) is 0. The van der Waals surface area contributed by atoms with Gasteiger partial charge in [0.2, 0.25) is 0 Å². The molecule has 1 aromatic heterocycles. The van der Waals surface area contributed by atoms with Gasteiger partial charge in [0, 0.05) is 5.56 Å². The van der Waals surface area contributed by atoms with E-state index < -0.39 is 0 Å². The Kier molecular flexibility index (Phi) is 2.18. The summed E-state index contributed by atoms with van der Waals surface area (Å²) in [6.45, 7) is 0. The van der Waals surface area contributed by atoms with Crippen LogP contribution in [0.1, 0.15) is 0 Å². The number of hydrogen-bond acceptors (Lipinski definition) is 3. The minimum Gasteiger partial charge on any atom is -0.458 e. The highest BCUT2D eigenvalue weighted by Crippen LogP contribution is 2.16. The molecule has 0 saturated heterocycles. The molecule has 0 bridgehead atoms. The van der Waals surface area contributed by atoms with E-state index in [0.717, 1.165) is 5.56 Å². The minimum atomic E-state index is 0.620. The van der Waals surface area contributed by atoms with E-state index in [2.05, 4.69) is 9.15 Å². The molecule has 0 spiro atoms. The van der Waals surface area contributed by atoms with E-state index in [1.807, 2.05) is 30.3 Å². The van der Waals surface area contributed by atoms with Gasteiger partial charge in [-0.1, -0.05) is 30.3 Å². The lowest BCUT2D eigenvalue weighted by Gasteiger charge is -1.93. The van der Waals surface area contributed by atoms with Crippen LogP contribution >= 0.6 is 0 Å². The second kappa shape index (κ2) is 3.67. The third-order valence-electron chi connectivity index (χ3n) is 1.58. The molecule has 0 amide bonds. The Bertz CT molecular complexity index is 374. The molecule has 66 valence electrons. The average molecular weight is 176 g/mol. The zero-order valence-electron chi connectivity index (χ0n) is 6.84. The molecule has 3 nitrogen and oxygen atoms in total. The van der Waals surface area contributed by atoms with E-state index >= 15 is 0 Å². The van der Waals surface area contributed by atoms with Crippen molar-refractivity contribution in [2.24, 2.45) is 0 Å². The van der Waals surface area contributed by atoms with E-state index in [9.17, 15) is 0 Å². The van der Waals surface area contributed by atoms with Gasteiger partial charge >= 0.3 is 0 Å². The summed E-state index contributed by atoms with van der Waals surface area (Å²) in [5.74, 6) is 0.620. The van der Waals surface area contributed by atoms with Crippen molar-refractivity contribution in [1.29, 1.82) is 0 Å². The minimum absolute atomic E-state index is 0.620. The Morgan fingerprint density at radius 1 is 0.846 bits per heavy atom. The molecular weight excluding hydrogens is 168 g/mol. The van der Waals surface area contributed by atoms with Crippen molar-refractivity contribution >= 4 is 0 Å². The molecule has 1 aromatic carbocycles. The second-order valence-corrected chi connectivity index (χ2v) is 2.43. The third-order valence-corrected chi connectivity index (χ3v) is 1.58. The Labute approximate surface area is 74.8 Å². The van der Waals surface area contributed by atoms with Crippen molar-refractivity contribution < 1.29 is 13.6 Å². The zero-order valence-corrected chi connectivity index (χ0v) is 6.84. The summed E-state index contributed by atoms with van der Waals surface area (Å²) in [5, 5.41) is 0. The lowest BCUT2D eigenvalue weighted by atomic mass is 10.2. The molecule has 2 aromatic rings. The predicted octanol–water partition coefficient (Wildman–Crippen LogP) is 3.26. The maximum atomic E-state index is 5.22. The van der Waals surface area contributed by atoms with Crippen LogP contribution in [0.25, 0.3) is 11.3 Å². The Hall–Kier alpha value is -1.90. The van der Waals surface area contributed by atoms with Crippen molar-refractivity contribution in [1.82, 2.24) is 0 Å². The molecule has 0 atom stereocenters. The van der Waals surface area contributed by atoms with Gasteiger partial charge in [0.15, 0.2) is 18.3 Å².